The minimum atomic E-state index is -3.75. The van der Waals surface area contributed by atoms with E-state index in [1.165, 1.54) is 18.6 Å². The molecule has 0 aliphatic carbocycles. The van der Waals surface area contributed by atoms with Gasteiger partial charge in [-0.2, -0.15) is 0 Å². The SMILES string of the molecule is C/C=C\C(=C/C1=CSc2ccccc2C(N2CCCCC2)=N1)C(=O)NCc1ccc(S(N)(=O)=O)cc1. The lowest BCUT2D eigenvalue weighted by Crippen LogP contribution is -2.36. The molecule has 36 heavy (non-hydrogen) atoms. The zero-order chi connectivity index (χ0) is 25.5. The first kappa shape index (κ1) is 25.9. The summed E-state index contributed by atoms with van der Waals surface area (Å²) in [5.74, 6) is 0.707. The number of nitrogens with two attached hydrogens (primary N) is 1. The fourth-order valence-electron chi connectivity index (χ4n) is 4.11. The quantitative estimate of drug-likeness (QED) is 0.434. The van der Waals surface area contributed by atoms with Crippen LogP contribution in [0.15, 0.2) is 98.2 Å². The van der Waals surface area contributed by atoms with E-state index in [2.05, 4.69) is 22.3 Å². The molecule has 2 aliphatic rings. The van der Waals surface area contributed by atoms with E-state index in [1.54, 1.807) is 30.0 Å². The van der Waals surface area contributed by atoms with Crippen LogP contribution in [0.5, 0.6) is 0 Å². The lowest BCUT2D eigenvalue weighted by Gasteiger charge is -2.30. The number of thioether (sulfide) groups is 1. The molecule has 2 aromatic carbocycles. The van der Waals surface area contributed by atoms with Crippen LogP contribution in [0.3, 0.4) is 0 Å². The third kappa shape index (κ3) is 6.54. The zero-order valence-electron chi connectivity index (χ0n) is 20.2. The molecular weight excluding hydrogens is 492 g/mol. The molecule has 0 bridgehead atoms. The second-order valence-electron chi connectivity index (χ2n) is 8.61. The number of aliphatic imine (C=N–C) groups is 1. The van der Waals surface area contributed by atoms with Gasteiger partial charge >= 0.3 is 0 Å². The molecule has 2 aromatic rings. The van der Waals surface area contributed by atoms with Gasteiger partial charge in [0.1, 0.15) is 5.84 Å². The highest BCUT2D eigenvalue weighted by molar-refractivity contribution is 8.02. The van der Waals surface area contributed by atoms with Crippen molar-refractivity contribution in [3.8, 4) is 0 Å². The number of nitrogens with one attached hydrogen (secondary N) is 1. The molecule has 0 unspecified atom stereocenters. The van der Waals surface area contributed by atoms with Crippen LogP contribution in [0.25, 0.3) is 0 Å². The summed E-state index contributed by atoms with van der Waals surface area (Å²) in [7, 11) is -3.75. The second kappa shape index (κ2) is 11.7. The number of primary sulfonamides is 1. The maximum absolute atomic E-state index is 13.1. The van der Waals surface area contributed by atoms with Crippen molar-refractivity contribution in [3.63, 3.8) is 0 Å². The van der Waals surface area contributed by atoms with Gasteiger partial charge in [0.15, 0.2) is 0 Å². The molecular formula is C27H30N4O3S2. The predicted molar refractivity (Wildman–Crippen MR) is 145 cm³/mol. The standard InChI is InChI=1S/C27H30N4O3S2/c1-2-8-21(27(32)29-18-20-11-13-23(14-12-20)36(28,33)34)17-22-19-35-25-10-5-4-9-24(25)26(30-22)31-15-6-3-7-16-31/h2,4-5,8-14,17,19H,3,6-7,15-16,18H2,1H3,(H,29,32)(H2,28,33,34)/b8-2-,21-17+. The average Bonchev–Trinajstić information content (AvgIpc) is 3.07. The van der Waals surface area contributed by atoms with E-state index in [1.807, 2.05) is 36.6 Å². The highest BCUT2D eigenvalue weighted by Gasteiger charge is 2.21. The number of amides is 1. The summed E-state index contributed by atoms with van der Waals surface area (Å²) in [4.78, 5) is 21.6. The number of likely N-dealkylation sites (tertiary alicyclic amines) is 1. The molecule has 1 saturated heterocycles. The highest BCUT2D eigenvalue weighted by atomic mass is 32.2. The smallest absolute Gasteiger partial charge is 0.251 e. The first-order chi connectivity index (χ1) is 17.3. The van der Waals surface area contributed by atoms with Gasteiger partial charge in [-0.25, -0.2) is 18.5 Å². The van der Waals surface area contributed by atoms with Crippen LogP contribution in [0.4, 0.5) is 0 Å². The summed E-state index contributed by atoms with van der Waals surface area (Å²) >= 11 is 1.61. The van der Waals surface area contributed by atoms with Gasteiger partial charge in [-0.3, -0.25) is 4.79 Å². The van der Waals surface area contributed by atoms with Crippen molar-refractivity contribution in [1.82, 2.24) is 10.2 Å². The van der Waals surface area contributed by atoms with Crippen molar-refractivity contribution in [3.05, 3.63) is 94.6 Å². The summed E-state index contributed by atoms with van der Waals surface area (Å²) in [5, 5.41) is 10.0. The lowest BCUT2D eigenvalue weighted by atomic mass is 10.1. The number of piperidine rings is 1. The number of carbonyl (C=O) groups is 1. The summed E-state index contributed by atoms with van der Waals surface area (Å²) in [6, 6.07) is 14.4. The zero-order valence-corrected chi connectivity index (χ0v) is 21.8. The first-order valence-corrected chi connectivity index (χ1v) is 14.3. The monoisotopic (exact) mass is 522 g/mol. The number of rotatable bonds is 6. The molecule has 3 N–H and O–H groups in total. The Labute approximate surface area is 216 Å². The van der Waals surface area contributed by atoms with Crippen molar-refractivity contribution >= 4 is 33.5 Å². The van der Waals surface area contributed by atoms with E-state index < -0.39 is 10.0 Å². The van der Waals surface area contributed by atoms with Crippen molar-refractivity contribution in [2.75, 3.05) is 13.1 Å². The molecule has 9 heteroatoms. The number of hydrogen-bond donors (Lipinski definition) is 2. The number of sulfonamides is 1. The topological polar surface area (TPSA) is 105 Å². The van der Waals surface area contributed by atoms with Crippen LogP contribution in [0, 0.1) is 0 Å². The number of benzene rings is 2. The number of fused-ring (bicyclic) bond motifs is 1. The Kier molecular flexibility index (Phi) is 8.45. The predicted octanol–water partition coefficient (Wildman–Crippen LogP) is 4.33. The van der Waals surface area contributed by atoms with Gasteiger partial charge < -0.3 is 10.2 Å². The molecule has 7 nitrogen and oxygen atoms in total. The Hall–Kier alpha value is -3.14. The van der Waals surface area contributed by atoms with Crippen molar-refractivity contribution in [2.24, 2.45) is 10.1 Å². The third-order valence-electron chi connectivity index (χ3n) is 5.94. The Morgan fingerprint density at radius 3 is 2.53 bits per heavy atom. The van der Waals surface area contributed by atoms with Gasteiger partial charge in [-0.15, -0.1) is 0 Å². The number of nitrogens with zero attached hydrogens (tertiary/aromatic N) is 2. The molecule has 0 radical (unpaired) electrons. The average molecular weight is 523 g/mol. The molecule has 0 spiro atoms. The van der Waals surface area contributed by atoms with Crippen LogP contribution < -0.4 is 10.5 Å². The molecule has 0 saturated carbocycles. The van der Waals surface area contributed by atoms with E-state index in [9.17, 15) is 13.2 Å². The summed E-state index contributed by atoms with van der Waals surface area (Å²) in [6.45, 7) is 4.06. The largest absolute Gasteiger partial charge is 0.356 e. The van der Waals surface area contributed by atoms with Gasteiger partial charge in [0.05, 0.1) is 10.6 Å². The van der Waals surface area contributed by atoms with Crippen LogP contribution in [0.2, 0.25) is 0 Å². The number of amidine groups is 1. The van der Waals surface area contributed by atoms with Gasteiger partial charge in [-0.1, -0.05) is 54.2 Å². The van der Waals surface area contributed by atoms with Crippen LogP contribution in [-0.2, 0) is 21.4 Å². The third-order valence-corrected chi connectivity index (χ3v) is 7.84. The maximum Gasteiger partial charge on any atom is 0.251 e. The molecule has 2 heterocycles. The molecule has 0 atom stereocenters. The van der Waals surface area contributed by atoms with Crippen molar-refractivity contribution < 1.29 is 13.2 Å². The Morgan fingerprint density at radius 1 is 1.11 bits per heavy atom. The van der Waals surface area contributed by atoms with Gasteiger partial charge in [0.2, 0.25) is 10.0 Å². The fourth-order valence-corrected chi connectivity index (χ4v) is 5.44. The van der Waals surface area contributed by atoms with E-state index in [0.717, 1.165) is 53.5 Å². The van der Waals surface area contributed by atoms with Crippen LogP contribution >= 0.6 is 11.8 Å². The molecule has 4 rings (SSSR count). The van der Waals surface area contributed by atoms with Crippen LogP contribution in [0.1, 0.15) is 37.3 Å². The number of hydrogen-bond acceptors (Lipinski definition) is 6. The van der Waals surface area contributed by atoms with Gasteiger partial charge in [0, 0.05) is 41.1 Å². The highest BCUT2D eigenvalue weighted by Crippen LogP contribution is 2.31. The summed E-state index contributed by atoms with van der Waals surface area (Å²) < 4.78 is 22.9. The number of allylic oxidation sites excluding steroid dienone is 2. The molecule has 1 fully saturated rings. The minimum Gasteiger partial charge on any atom is -0.356 e. The van der Waals surface area contributed by atoms with E-state index >= 15 is 0 Å². The van der Waals surface area contributed by atoms with E-state index in [-0.39, 0.29) is 17.3 Å². The minimum absolute atomic E-state index is 0.0354. The normalized spacial score (nSPS) is 16.7. The van der Waals surface area contributed by atoms with E-state index in [0.29, 0.717) is 5.57 Å². The van der Waals surface area contributed by atoms with Crippen LogP contribution in [-0.4, -0.2) is 38.2 Å². The lowest BCUT2D eigenvalue weighted by molar-refractivity contribution is -0.117. The number of carbonyl (C=O) groups excluding carboxylic acids is 1. The Morgan fingerprint density at radius 2 is 1.83 bits per heavy atom. The molecule has 188 valence electrons. The summed E-state index contributed by atoms with van der Waals surface area (Å²) in [5.41, 5.74) is 3.08. The summed E-state index contributed by atoms with van der Waals surface area (Å²) in [6.07, 6.45) is 8.92. The van der Waals surface area contributed by atoms with Crippen molar-refractivity contribution in [2.45, 2.75) is 42.5 Å². The Balaban J connectivity index is 1.56. The maximum atomic E-state index is 13.1. The van der Waals surface area contributed by atoms with Crippen molar-refractivity contribution in [1.29, 1.82) is 0 Å². The Bertz CT molecular complexity index is 1340. The van der Waals surface area contributed by atoms with Gasteiger partial charge in [-0.05, 0) is 56.0 Å². The fraction of sp³-hybridized carbons (Fsp3) is 0.259. The molecule has 0 aromatic heterocycles. The van der Waals surface area contributed by atoms with E-state index in [4.69, 9.17) is 10.1 Å². The van der Waals surface area contributed by atoms with Gasteiger partial charge in [0.25, 0.3) is 5.91 Å². The second-order valence-corrected chi connectivity index (χ2v) is 11.1. The first-order valence-electron chi connectivity index (χ1n) is 11.9. The molecule has 1 amide bonds. The molecule has 2 aliphatic heterocycles.